The summed E-state index contributed by atoms with van der Waals surface area (Å²) in [5.74, 6) is 0. The van der Waals surface area contributed by atoms with Crippen molar-refractivity contribution in [3.05, 3.63) is 0 Å². The minimum atomic E-state index is 0.629. The highest BCUT2D eigenvalue weighted by molar-refractivity contribution is 7.78. The zero-order valence-electron chi connectivity index (χ0n) is 5.13. The third-order valence-electron chi connectivity index (χ3n) is 0.598. The Morgan fingerprint density at radius 3 is 1.70 bits per heavy atom. The molecule has 0 saturated carbocycles. The van der Waals surface area contributed by atoms with Gasteiger partial charge in [-0.2, -0.15) is 0 Å². The number of hydrazone groups is 2. The fraction of sp³-hybridized carbons (Fsp3) is 0.500. The second-order valence-electron chi connectivity index (χ2n) is 1.22. The van der Waals surface area contributed by atoms with E-state index < -0.39 is 0 Å². The number of hydrogen-bond donors (Lipinski definition) is 2. The SMILES string of the molecule is S=C=NNCCNN=C=S. The van der Waals surface area contributed by atoms with E-state index in [1.165, 1.54) is 0 Å². The van der Waals surface area contributed by atoms with Crippen LogP contribution in [-0.4, -0.2) is 23.4 Å². The number of thiocarbonyl (C=S) groups is 2. The van der Waals surface area contributed by atoms with Crippen LogP contribution in [0.3, 0.4) is 0 Å². The van der Waals surface area contributed by atoms with Crippen LogP contribution in [0.1, 0.15) is 0 Å². The van der Waals surface area contributed by atoms with Gasteiger partial charge in [0.2, 0.25) is 0 Å². The number of isothiocyanates is 2. The van der Waals surface area contributed by atoms with Crippen molar-refractivity contribution in [1.29, 1.82) is 0 Å². The lowest BCUT2D eigenvalue weighted by molar-refractivity contribution is 0.657. The van der Waals surface area contributed by atoms with Gasteiger partial charge in [-0.3, -0.25) is 10.9 Å². The number of nitrogens with one attached hydrogen (secondary N) is 2. The first-order chi connectivity index (χ1) is 4.91. The molecule has 0 aromatic heterocycles. The maximum Gasteiger partial charge on any atom is 0.0843 e. The normalized spacial score (nSPS) is 6.80. The van der Waals surface area contributed by atoms with Gasteiger partial charge in [-0.25, -0.2) is 0 Å². The van der Waals surface area contributed by atoms with Gasteiger partial charge < -0.3 is 0 Å². The van der Waals surface area contributed by atoms with Gasteiger partial charge in [0.15, 0.2) is 0 Å². The average Bonchev–Trinajstić information content (AvgIpc) is 1.97. The highest BCUT2D eigenvalue weighted by Gasteiger charge is 1.77. The summed E-state index contributed by atoms with van der Waals surface area (Å²) in [5.41, 5.74) is 5.24. The molecule has 0 aliphatic carbocycles. The van der Waals surface area contributed by atoms with E-state index in [0.717, 1.165) is 0 Å². The number of hydrogen-bond acceptors (Lipinski definition) is 6. The molecule has 0 aliphatic rings. The fourth-order valence-corrected chi connectivity index (χ4v) is 0.417. The van der Waals surface area contributed by atoms with E-state index in [2.05, 4.69) is 55.8 Å². The van der Waals surface area contributed by atoms with Gasteiger partial charge in [0.05, 0.1) is 23.4 Å². The van der Waals surface area contributed by atoms with E-state index in [4.69, 9.17) is 0 Å². The van der Waals surface area contributed by atoms with Crippen LogP contribution in [0.4, 0.5) is 0 Å². The largest absolute Gasteiger partial charge is 0.299 e. The molecule has 0 radical (unpaired) electrons. The van der Waals surface area contributed by atoms with E-state index in [1.54, 1.807) is 0 Å². The monoisotopic (exact) mass is 174 g/mol. The van der Waals surface area contributed by atoms with Crippen molar-refractivity contribution in [2.45, 2.75) is 0 Å². The minimum Gasteiger partial charge on any atom is -0.299 e. The summed E-state index contributed by atoms with van der Waals surface area (Å²) >= 11 is 8.60. The van der Waals surface area contributed by atoms with Crippen LogP contribution in [0.2, 0.25) is 0 Å². The Morgan fingerprint density at radius 2 is 1.40 bits per heavy atom. The number of rotatable bonds is 5. The molecule has 0 aromatic rings. The van der Waals surface area contributed by atoms with E-state index in [9.17, 15) is 0 Å². The zero-order chi connectivity index (χ0) is 7.66. The van der Waals surface area contributed by atoms with Gasteiger partial charge in [0, 0.05) is 0 Å². The molecular formula is C4H6N4S2. The molecule has 0 unspecified atom stereocenters. The smallest absolute Gasteiger partial charge is 0.0843 e. The second kappa shape index (κ2) is 8.20. The van der Waals surface area contributed by atoms with Crippen molar-refractivity contribution in [1.82, 2.24) is 10.9 Å². The average molecular weight is 174 g/mol. The lowest BCUT2D eigenvalue weighted by atomic mass is 10.7. The van der Waals surface area contributed by atoms with Gasteiger partial charge in [-0.1, -0.05) is 0 Å². The summed E-state index contributed by atoms with van der Waals surface area (Å²) in [6.45, 7) is 1.26. The van der Waals surface area contributed by atoms with Gasteiger partial charge in [0.1, 0.15) is 0 Å². The first-order valence-corrected chi connectivity index (χ1v) is 3.33. The molecule has 0 fully saturated rings. The van der Waals surface area contributed by atoms with Crippen LogP contribution in [-0.2, 0) is 0 Å². The summed E-state index contributed by atoms with van der Waals surface area (Å²) in [5, 5.41) is 11.2. The first kappa shape index (κ1) is 9.20. The Balaban J connectivity index is 3.04. The maximum absolute atomic E-state index is 4.30. The van der Waals surface area contributed by atoms with Crippen molar-refractivity contribution in [2.75, 3.05) is 13.1 Å². The van der Waals surface area contributed by atoms with Gasteiger partial charge in [-0.15, -0.1) is 10.2 Å². The minimum absolute atomic E-state index is 0.629. The van der Waals surface area contributed by atoms with Crippen molar-refractivity contribution in [3.8, 4) is 0 Å². The molecule has 0 bridgehead atoms. The molecule has 6 heteroatoms. The molecule has 0 heterocycles. The van der Waals surface area contributed by atoms with Crippen LogP contribution >= 0.6 is 24.4 Å². The first-order valence-electron chi connectivity index (χ1n) is 2.51. The van der Waals surface area contributed by atoms with E-state index >= 15 is 0 Å². The van der Waals surface area contributed by atoms with Crippen molar-refractivity contribution in [3.63, 3.8) is 0 Å². The van der Waals surface area contributed by atoms with Crippen LogP contribution in [0, 0.1) is 0 Å². The standard InChI is InChI=1S/C4H6N4S2/c9-3-7-5-1-2-6-8-4-10/h5-6H,1-2H2. The summed E-state index contributed by atoms with van der Waals surface area (Å²) in [7, 11) is 0. The predicted molar refractivity (Wildman–Crippen MR) is 46.1 cm³/mol. The van der Waals surface area contributed by atoms with E-state index in [-0.39, 0.29) is 0 Å². The van der Waals surface area contributed by atoms with Crippen LogP contribution < -0.4 is 10.9 Å². The molecule has 0 aromatic carbocycles. The van der Waals surface area contributed by atoms with E-state index in [0.29, 0.717) is 13.1 Å². The highest BCUT2D eigenvalue weighted by atomic mass is 32.1. The van der Waals surface area contributed by atoms with Gasteiger partial charge in [-0.05, 0) is 24.4 Å². The maximum atomic E-state index is 4.30. The zero-order valence-corrected chi connectivity index (χ0v) is 6.76. The van der Waals surface area contributed by atoms with Crippen LogP contribution in [0.15, 0.2) is 10.2 Å². The molecule has 0 spiro atoms. The Kier molecular flexibility index (Phi) is 7.54. The quantitative estimate of drug-likeness (QED) is 0.270. The summed E-state index contributed by atoms with van der Waals surface area (Å²) in [6, 6.07) is 0. The lowest BCUT2D eigenvalue weighted by Crippen LogP contribution is -2.19. The Morgan fingerprint density at radius 1 is 1.00 bits per heavy atom. The summed E-state index contributed by atoms with van der Waals surface area (Å²) < 4.78 is 0. The Hall–Kier alpha value is -0.800. The Labute approximate surface area is 69.4 Å². The predicted octanol–water partition coefficient (Wildman–Crippen LogP) is 0.201. The van der Waals surface area contributed by atoms with Crippen molar-refractivity contribution in [2.24, 2.45) is 10.2 Å². The lowest BCUT2D eigenvalue weighted by Gasteiger charge is -1.95. The molecule has 10 heavy (non-hydrogen) atoms. The molecule has 54 valence electrons. The van der Waals surface area contributed by atoms with Gasteiger partial charge in [0.25, 0.3) is 0 Å². The fourth-order valence-electron chi connectivity index (χ4n) is 0.288. The summed E-state index contributed by atoms with van der Waals surface area (Å²) in [6.07, 6.45) is 0. The second-order valence-corrected chi connectivity index (χ2v) is 1.59. The molecule has 0 saturated heterocycles. The highest BCUT2D eigenvalue weighted by Crippen LogP contribution is 1.58. The molecule has 0 amide bonds. The molecule has 0 aliphatic heterocycles. The number of nitrogens with zero attached hydrogens (tertiary/aromatic N) is 2. The Bertz CT molecular complexity index is 148. The van der Waals surface area contributed by atoms with Crippen LogP contribution in [0.25, 0.3) is 0 Å². The molecule has 2 N–H and O–H groups in total. The molecule has 0 rings (SSSR count). The van der Waals surface area contributed by atoms with Crippen molar-refractivity contribution < 1.29 is 0 Å². The third-order valence-corrected chi connectivity index (χ3v) is 0.781. The third kappa shape index (κ3) is 7.20. The van der Waals surface area contributed by atoms with Gasteiger partial charge >= 0.3 is 0 Å². The van der Waals surface area contributed by atoms with E-state index in [1.807, 2.05) is 0 Å². The van der Waals surface area contributed by atoms with Crippen molar-refractivity contribution >= 4 is 34.8 Å². The molecule has 0 atom stereocenters. The summed E-state index contributed by atoms with van der Waals surface area (Å²) in [4.78, 5) is 0. The topological polar surface area (TPSA) is 48.8 Å². The molecule has 4 nitrogen and oxygen atoms in total. The molecular weight excluding hydrogens is 168 g/mol. The van der Waals surface area contributed by atoms with Crippen LogP contribution in [0.5, 0.6) is 0 Å².